The summed E-state index contributed by atoms with van der Waals surface area (Å²) < 4.78 is 15.9. The van der Waals surface area contributed by atoms with Crippen molar-refractivity contribution < 1.29 is 19.0 Å². The van der Waals surface area contributed by atoms with Crippen molar-refractivity contribution in [2.75, 3.05) is 34.0 Å². The highest BCUT2D eigenvalue weighted by Gasteiger charge is 2.24. The van der Waals surface area contributed by atoms with E-state index in [1.807, 2.05) is 31.2 Å². The van der Waals surface area contributed by atoms with Crippen LogP contribution >= 0.6 is 0 Å². The fourth-order valence-corrected chi connectivity index (χ4v) is 1.92. The molecule has 1 N–H and O–H groups in total. The topological polar surface area (TPSA) is 56.8 Å². The molecule has 1 aromatic carbocycles. The molecule has 1 rings (SSSR count). The molecule has 0 radical (unpaired) electrons. The zero-order valence-corrected chi connectivity index (χ0v) is 14.1. The average Bonchev–Trinajstić information content (AvgIpc) is 2.51. The van der Waals surface area contributed by atoms with Gasteiger partial charge in [-0.3, -0.25) is 4.79 Å². The zero-order chi connectivity index (χ0) is 16.6. The lowest BCUT2D eigenvalue weighted by Crippen LogP contribution is -2.46. The number of hydrogen-bond acceptors (Lipinski definition) is 4. The van der Waals surface area contributed by atoms with E-state index < -0.39 is 5.60 Å². The minimum atomic E-state index is -0.538. The number of rotatable bonds is 9. The van der Waals surface area contributed by atoms with Gasteiger partial charge in [0.2, 0.25) is 0 Å². The van der Waals surface area contributed by atoms with Crippen LogP contribution in [0.2, 0.25) is 0 Å². The van der Waals surface area contributed by atoms with Crippen molar-refractivity contribution in [1.29, 1.82) is 0 Å². The molecule has 0 aromatic heterocycles. The van der Waals surface area contributed by atoms with Gasteiger partial charge in [0.1, 0.15) is 11.4 Å². The molecule has 1 amide bonds. The Morgan fingerprint density at radius 1 is 1.23 bits per heavy atom. The maximum Gasteiger partial charge on any atom is 0.258 e. The first-order valence-corrected chi connectivity index (χ1v) is 7.44. The van der Waals surface area contributed by atoms with Gasteiger partial charge in [-0.1, -0.05) is 26.0 Å². The second-order valence-electron chi connectivity index (χ2n) is 5.88. The Balaban J connectivity index is 2.39. The third-order valence-corrected chi connectivity index (χ3v) is 3.52. The van der Waals surface area contributed by atoms with Crippen LogP contribution in [0.4, 0.5) is 0 Å². The predicted molar refractivity (Wildman–Crippen MR) is 86.3 cm³/mol. The Morgan fingerprint density at radius 2 is 1.86 bits per heavy atom. The van der Waals surface area contributed by atoms with Crippen LogP contribution in [0.5, 0.6) is 5.75 Å². The number of carbonyl (C=O) groups excluding carboxylic acids is 1. The highest BCUT2D eigenvalue weighted by Crippen LogP contribution is 2.18. The third-order valence-electron chi connectivity index (χ3n) is 3.52. The second kappa shape index (κ2) is 8.76. The van der Waals surface area contributed by atoms with Gasteiger partial charge in [0.05, 0.1) is 6.61 Å². The summed E-state index contributed by atoms with van der Waals surface area (Å²) in [6.45, 7) is 6.90. The first kappa shape index (κ1) is 18.5. The Bertz CT molecular complexity index is 458. The normalized spacial score (nSPS) is 13.7. The summed E-state index contributed by atoms with van der Waals surface area (Å²) in [5.41, 5.74) is 0.704. The number of ether oxygens (including phenoxy) is 3. The molecule has 1 aromatic rings. The van der Waals surface area contributed by atoms with Gasteiger partial charge in [-0.05, 0) is 30.5 Å². The molecule has 1 unspecified atom stereocenters. The molecule has 0 fully saturated rings. The SMILES string of the molecule is COCC(C)(CNC(=O)COc1ccc(C(C)C)cc1)OC. The Morgan fingerprint density at radius 3 is 2.36 bits per heavy atom. The molecule has 5 heteroatoms. The van der Waals surface area contributed by atoms with Gasteiger partial charge < -0.3 is 19.5 Å². The quantitative estimate of drug-likeness (QED) is 0.761. The second-order valence-corrected chi connectivity index (χ2v) is 5.88. The number of hydrogen-bond donors (Lipinski definition) is 1. The van der Waals surface area contributed by atoms with E-state index in [1.165, 1.54) is 5.56 Å². The molecule has 0 bridgehead atoms. The van der Waals surface area contributed by atoms with Crippen molar-refractivity contribution in [1.82, 2.24) is 5.32 Å². The van der Waals surface area contributed by atoms with E-state index in [-0.39, 0.29) is 12.5 Å². The molecule has 5 nitrogen and oxygen atoms in total. The Labute approximate surface area is 132 Å². The van der Waals surface area contributed by atoms with Crippen LogP contribution in [0.25, 0.3) is 0 Å². The molecular formula is C17H27NO4. The summed E-state index contributed by atoms with van der Waals surface area (Å²) in [6, 6.07) is 7.79. The van der Waals surface area contributed by atoms with Gasteiger partial charge in [0.25, 0.3) is 5.91 Å². The molecule has 0 saturated heterocycles. The third kappa shape index (κ3) is 6.03. The monoisotopic (exact) mass is 309 g/mol. The van der Waals surface area contributed by atoms with E-state index in [0.29, 0.717) is 24.8 Å². The van der Waals surface area contributed by atoms with Crippen LogP contribution in [0.1, 0.15) is 32.3 Å². The molecule has 0 aliphatic heterocycles. The molecule has 0 saturated carbocycles. The van der Waals surface area contributed by atoms with Gasteiger partial charge >= 0.3 is 0 Å². The van der Waals surface area contributed by atoms with Gasteiger partial charge in [0, 0.05) is 20.8 Å². The number of nitrogens with one attached hydrogen (secondary N) is 1. The number of amides is 1. The molecular weight excluding hydrogens is 282 g/mol. The summed E-state index contributed by atoms with van der Waals surface area (Å²) in [4.78, 5) is 11.8. The van der Waals surface area contributed by atoms with Gasteiger partial charge in [0.15, 0.2) is 6.61 Å². The molecule has 0 spiro atoms. The van der Waals surface area contributed by atoms with E-state index in [2.05, 4.69) is 19.2 Å². The van der Waals surface area contributed by atoms with E-state index >= 15 is 0 Å². The summed E-state index contributed by atoms with van der Waals surface area (Å²) in [5, 5.41) is 2.79. The van der Waals surface area contributed by atoms with Crippen LogP contribution in [0.15, 0.2) is 24.3 Å². The smallest absolute Gasteiger partial charge is 0.258 e. The lowest BCUT2D eigenvalue weighted by molar-refractivity contribution is -0.125. The van der Waals surface area contributed by atoms with E-state index in [0.717, 1.165) is 0 Å². The van der Waals surface area contributed by atoms with Crippen molar-refractivity contribution in [3.05, 3.63) is 29.8 Å². The molecule has 0 heterocycles. The summed E-state index contributed by atoms with van der Waals surface area (Å²) in [5.74, 6) is 0.975. The molecule has 0 aliphatic carbocycles. The predicted octanol–water partition coefficient (Wildman–Crippen LogP) is 2.36. The molecule has 124 valence electrons. The minimum Gasteiger partial charge on any atom is -0.484 e. The highest BCUT2D eigenvalue weighted by atomic mass is 16.5. The molecule has 1 atom stereocenters. The summed E-state index contributed by atoms with van der Waals surface area (Å²) >= 11 is 0. The maximum absolute atomic E-state index is 11.8. The molecule has 0 aliphatic rings. The number of methoxy groups -OCH3 is 2. The Kier molecular flexibility index (Phi) is 7.35. The van der Waals surface area contributed by atoms with Crippen LogP contribution < -0.4 is 10.1 Å². The summed E-state index contributed by atoms with van der Waals surface area (Å²) in [6.07, 6.45) is 0. The van der Waals surface area contributed by atoms with Gasteiger partial charge in [-0.15, -0.1) is 0 Å². The van der Waals surface area contributed by atoms with E-state index in [4.69, 9.17) is 14.2 Å². The first-order chi connectivity index (χ1) is 10.4. The van der Waals surface area contributed by atoms with E-state index in [9.17, 15) is 4.79 Å². The number of carbonyl (C=O) groups is 1. The van der Waals surface area contributed by atoms with Crippen LogP contribution in [-0.2, 0) is 14.3 Å². The average molecular weight is 309 g/mol. The lowest BCUT2D eigenvalue weighted by atomic mass is 10.0. The minimum absolute atomic E-state index is 0.0200. The van der Waals surface area contributed by atoms with Crippen molar-refractivity contribution in [2.24, 2.45) is 0 Å². The largest absolute Gasteiger partial charge is 0.484 e. The zero-order valence-electron chi connectivity index (χ0n) is 14.1. The van der Waals surface area contributed by atoms with Crippen molar-refractivity contribution in [3.63, 3.8) is 0 Å². The summed E-state index contributed by atoms with van der Waals surface area (Å²) in [7, 11) is 3.20. The number of benzene rings is 1. The van der Waals surface area contributed by atoms with Crippen molar-refractivity contribution in [3.8, 4) is 5.75 Å². The Hall–Kier alpha value is -1.59. The van der Waals surface area contributed by atoms with Crippen LogP contribution in [-0.4, -0.2) is 45.5 Å². The lowest BCUT2D eigenvalue weighted by Gasteiger charge is -2.27. The standard InChI is InChI=1S/C17H27NO4/c1-13(2)14-6-8-15(9-7-14)22-10-16(19)18-11-17(3,21-5)12-20-4/h6-9,13H,10-12H2,1-5H3,(H,18,19). The van der Waals surface area contributed by atoms with Crippen molar-refractivity contribution in [2.45, 2.75) is 32.3 Å². The molecule has 22 heavy (non-hydrogen) atoms. The van der Waals surface area contributed by atoms with Gasteiger partial charge in [-0.25, -0.2) is 0 Å². The van der Waals surface area contributed by atoms with Crippen LogP contribution in [0.3, 0.4) is 0 Å². The van der Waals surface area contributed by atoms with Gasteiger partial charge in [-0.2, -0.15) is 0 Å². The van der Waals surface area contributed by atoms with Crippen LogP contribution in [0, 0.1) is 0 Å². The fourth-order valence-electron chi connectivity index (χ4n) is 1.92. The van der Waals surface area contributed by atoms with Crippen molar-refractivity contribution >= 4 is 5.91 Å². The first-order valence-electron chi connectivity index (χ1n) is 7.44. The maximum atomic E-state index is 11.8. The van der Waals surface area contributed by atoms with E-state index in [1.54, 1.807) is 14.2 Å². The fraction of sp³-hybridized carbons (Fsp3) is 0.588. The highest BCUT2D eigenvalue weighted by molar-refractivity contribution is 5.77.